The van der Waals surface area contributed by atoms with Gasteiger partial charge in [-0.05, 0) is 31.4 Å². The number of nitrogens with two attached hydrogens (primary N) is 2. The van der Waals surface area contributed by atoms with Gasteiger partial charge in [-0.1, -0.05) is 12.5 Å². The number of imidazole rings is 1. The van der Waals surface area contributed by atoms with Crippen LogP contribution >= 0.6 is 0 Å². The van der Waals surface area contributed by atoms with E-state index in [4.69, 9.17) is 11.5 Å². The van der Waals surface area contributed by atoms with Crippen LogP contribution in [0.2, 0.25) is 0 Å². The normalized spacial score (nSPS) is 23.6. The molecule has 1 aromatic carbocycles. The lowest BCUT2D eigenvalue weighted by molar-refractivity contribution is 0.100. The first-order chi connectivity index (χ1) is 9.15. The molecule has 0 radical (unpaired) electrons. The Balaban J connectivity index is 2.01. The Morgan fingerprint density at radius 3 is 2.95 bits per heavy atom. The van der Waals surface area contributed by atoms with Crippen LogP contribution in [0.3, 0.4) is 0 Å². The lowest BCUT2D eigenvalue weighted by Gasteiger charge is -2.24. The van der Waals surface area contributed by atoms with Gasteiger partial charge in [0, 0.05) is 12.0 Å². The Morgan fingerprint density at radius 1 is 1.37 bits per heavy atom. The van der Waals surface area contributed by atoms with E-state index >= 15 is 0 Å². The molecule has 100 valence electrons. The van der Waals surface area contributed by atoms with Crippen molar-refractivity contribution in [1.29, 1.82) is 0 Å². The molecule has 5 N–H and O–H groups in total. The Morgan fingerprint density at radius 2 is 2.21 bits per heavy atom. The second-order valence-electron chi connectivity index (χ2n) is 5.31. The van der Waals surface area contributed by atoms with Gasteiger partial charge < -0.3 is 16.5 Å². The topological polar surface area (TPSA) is 97.8 Å². The van der Waals surface area contributed by atoms with Crippen LogP contribution in [0.15, 0.2) is 18.2 Å². The van der Waals surface area contributed by atoms with Gasteiger partial charge in [0.05, 0.1) is 16.6 Å². The highest BCUT2D eigenvalue weighted by Gasteiger charge is 2.24. The summed E-state index contributed by atoms with van der Waals surface area (Å²) in [5, 5.41) is 0. The average Bonchev–Trinajstić information content (AvgIpc) is 2.82. The number of carbonyl (C=O) groups is 1. The van der Waals surface area contributed by atoms with Crippen LogP contribution in [-0.4, -0.2) is 21.9 Å². The zero-order valence-electron chi connectivity index (χ0n) is 10.7. The van der Waals surface area contributed by atoms with Gasteiger partial charge in [0.15, 0.2) is 0 Å². The predicted octanol–water partition coefficient (Wildman–Crippen LogP) is 1.65. The summed E-state index contributed by atoms with van der Waals surface area (Å²) < 4.78 is 0. The molecule has 1 saturated carbocycles. The Kier molecular flexibility index (Phi) is 2.98. The molecule has 2 aromatic rings. The number of aromatic amines is 1. The van der Waals surface area contributed by atoms with Crippen LogP contribution in [-0.2, 0) is 0 Å². The van der Waals surface area contributed by atoms with Crippen molar-refractivity contribution in [3.8, 4) is 0 Å². The number of fused-ring (bicyclic) bond motifs is 1. The summed E-state index contributed by atoms with van der Waals surface area (Å²) >= 11 is 0. The molecule has 1 aromatic heterocycles. The summed E-state index contributed by atoms with van der Waals surface area (Å²) in [5.41, 5.74) is 13.4. The van der Waals surface area contributed by atoms with Gasteiger partial charge in [0.25, 0.3) is 5.91 Å². The minimum atomic E-state index is -0.429. The highest BCUT2D eigenvalue weighted by atomic mass is 16.1. The number of amides is 1. The fourth-order valence-corrected chi connectivity index (χ4v) is 2.93. The van der Waals surface area contributed by atoms with E-state index in [9.17, 15) is 4.79 Å². The number of rotatable bonds is 2. The number of hydrogen-bond donors (Lipinski definition) is 3. The number of aromatic nitrogens is 2. The second kappa shape index (κ2) is 4.66. The first-order valence-corrected chi connectivity index (χ1v) is 6.69. The zero-order chi connectivity index (χ0) is 13.4. The van der Waals surface area contributed by atoms with Gasteiger partial charge in [-0.3, -0.25) is 4.79 Å². The number of benzene rings is 1. The van der Waals surface area contributed by atoms with E-state index in [1.165, 1.54) is 0 Å². The van der Waals surface area contributed by atoms with Gasteiger partial charge >= 0.3 is 0 Å². The highest BCUT2D eigenvalue weighted by molar-refractivity contribution is 6.04. The molecule has 0 aliphatic heterocycles. The van der Waals surface area contributed by atoms with E-state index < -0.39 is 5.91 Å². The van der Waals surface area contributed by atoms with E-state index in [-0.39, 0.29) is 6.04 Å². The zero-order valence-corrected chi connectivity index (χ0v) is 10.7. The molecule has 5 heteroatoms. The van der Waals surface area contributed by atoms with Gasteiger partial charge in [-0.25, -0.2) is 4.98 Å². The number of carbonyl (C=O) groups excluding carboxylic acids is 1. The summed E-state index contributed by atoms with van der Waals surface area (Å²) in [4.78, 5) is 19.3. The fraction of sp³-hybridized carbons (Fsp3) is 0.429. The number of para-hydroxylation sites is 1. The van der Waals surface area contributed by atoms with Crippen LogP contribution in [0.4, 0.5) is 0 Å². The molecule has 1 aliphatic carbocycles. The summed E-state index contributed by atoms with van der Waals surface area (Å²) in [5.74, 6) is 0.858. The quantitative estimate of drug-likeness (QED) is 0.763. The van der Waals surface area contributed by atoms with Crippen LogP contribution in [0.5, 0.6) is 0 Å². The molecule has 0 spiro atoms. The molecule has 1 aliphatic rings. The van der Waals surface area contributed by atoms with Crippen LogP contribution in [0.1, 0.15) is 47.8 Å². The van der Waals surface area contributed by atoms with Gasteiger partial charge in [0.1, 0.15) is 5.82 Å². The molecule has 19 heavy (non-hydrogen) atoms. The minimum Gasteiger partial charge on any atom is -0.366 e. The lowest BCUT2D eigenvalue weighted by atomic mass is 9.86. The molecule has 3 rings (SSSR count). The second-order valence-corrected chi connectivity index (χ2v) is 5.31. The Labute approximate surface area is 111 Å². The standard InChI is InChI=1S/C14H18N4O/c15-9-4-1-3-8(7-9)14-17-11-6-2-5-10(13(16)19)12(11)18-14/h2,5-6,8-9H,1,3-4,7,15H2,(H2,16,19)(H,17,18)/t8-,9+/m0/s1. The van der Waals surface area contributed by atoms with E-state index in [2.05, 4.69) is 9.97 Å². The Bertz CT molecular complexity index is 619. The van der Waals surface area contributed by atoms with Crippen molar-refractivity contribution >= 4 is 16.9 Å². The molecule has 1 fully saturated rings. The van der Waals surface area contributed by atoms with E-state index in [1.54, 1.807) is 12.1 Å². The van der Waals surface area contributed by atoms with Crippen molar-refractivity contribution in [2.45, 2.75) is 37.6 Å². The molecule has 0 saturated heterocycles. The minimum absolute atomic E-state index is 0.252. The molecule has 5 nitrogen and oxygen atoms in total. The number of H-pyrrole nitrogens is 1. The number of primary amides is 1. The third-order valence-electron chi connectivity index (χ3n) is 3.90. The predicted molar refractivity (Wildman–Crippen MR) is 73.8 cm³/mol. The molecule has 1 heterocycles. The van der Waals surface area contributed by atoms with Crippen molar-refractivity contribution in [1.82, 2.24) is 9.97 Å². The smallest absolute Gasteiger partial charge is 0.250 e. The lowest BCUT2D eigenvalue weighted by Crippen LogP contribution is -2.27. The van der Waals surface area contributed by atoms with Crippen LogP contribution in [0.25, 0.3) is 11.0 Å². The van der Waals surface area contributed by atoms with Crippen LogP contribution in [0, 0.1) is 0 Å². The fourth-order valence-electron chi connectivity index (χ4n) is 2.93. The van der Waals surface area contributed by atoms with Crippen molar-refractivity contribution in [2.24, 2.45) is 11.5 Å². The third-order valence-corrected chi connectivity index (χ3v) is 3.90. The molecule has 0 bridgehead atoms. The van der Waals surface area contributed by atoms with Crippen molar-refractivity contribution in [3.63, 3.8) is 0 Å². The van der Waals surface area contributed by atoms with Crippen molar-refractivity contribution < 1.29 is 4.79 Å². The molecular formula is C14H18N4O. The van der Waals surface area contributed by atoms with Gasteiger partial charge in [0.2, 0.25) is 0 Å². The largest absolute Gasteiger partial charge is 0.366 e. The first-order valence-electron chi connectivity index (χ1n) is 6.69. The van der Waals surface area contributed by atoms with E-state index in [0.717, 1.165) is 42.5 Å². The number of hydrogen-bond acceptors (Lipinski definition) is 3. The third kappa shape index (κ3) is 2.21. The van der Waals surface area contributed by atoms with E-state index in [0.29, 0.717) is 11.5 Å². The van der Waals surface area contributed by atoms with Crippen molar-refractivity contribution in [2.75, 3.05) is 0 Å². The molecular weight excluding hydrogens is 240 g/mol. The van der Waals surface area contributed by atoms with Gasteiger partial charge in [-0.15, -0.1) is 0 Å². The van der Waals surface area contributed by atoms with Crippen LogP contribution < -0.4 is 11.5 Å². The maximum atomic E-state index is 11.4. The summed E-state index contributed by atoms with van der Waals surface area (Å²) in [6, 6.07) is 5.67. The van der Waals surface area contributed by atoms with E-state index in [1.807, 2.05) is 6.07 Å². The molecule has 0 unspecified atom stereocenters. The number of nitrogens with zero attached hydrogens (tertiary/aromatic N) is 1. The molecule has 1 amide bonds. The molecule has 2 atom stereocenters. The monoisotopic (exact) mass is 258 g/mol. The van der Waals surface area contributed by atoms with Gasteiger partial charge in [-0.2, -0.15) is 0 Å². The summed E-state index contributed by atoms with van der Waals surface area (Å²) in [6.07, 6.45) is 4.26. The average molecular weight is 258 g/mol. The first kappa shape index (κ1) is 12.2. The summed E-state index contributed by atoms with van der Waals surface area (Å²) in [7, 11) is 0. The SMILES string of the molecule is NC(=O)c1cccc2nc([C@H]3CCC[C@@H](N)C3)[nH]c12. The van der Waals surface area contributed by atoms with Crippen molar-refractivity contribution in [3.05, 3.63) is 29.6 Å². The maximum absolute atomic E-state index is 11.4. The summed E-state index contributed by atoms with van der Waals surface area (Å²) in [6.45, 7) is 0. The highest BCUT2D eigenvalue weighted by Crippen LogP contribution is 2.32. The maximum Gasteiger partial charge on any atom is 0.250 e. The Hall–Kier alpha value is -1.88. The number of nitrogens with one attached hydrogen (secondary N) is 1.